The van der Waals surface area contributed by atoms with Crippen LogP contribution in [0.4, 0.5) is 8.78 Å². The molecule has 0 atom stereocenters. The first-order chi connectivity index (χ1) is 8.24. The summed E-state index contributed by atoms with van der Waals surface area (Å²) in [6.45, 7) is 0.197. The van der Waals surface area contributed by atoms with Crippen molar-refractivity contribution in [1.29, 1.82) is 0 Å². The van der Waals surface area contributed by atoms with Gasteiger partial charge in [0, 0.05) is 12.5 Å². The van der Waals surface area contributed by atoms with Crippen molar-refractivity contribution < 1.29 is 18.0 Å². The molecule has 1 aromatic heterocycles. The molecule has 0 bridgehead atoms. The van der Waals surface area contributed by atoms with Gasteiger partial charge in [0.25, 0.3) is 6.43 Å². The van der Waals surface area contributed by atoms with Gasteiger partial charge in [0.1, 0.15) is 6.61 Å². The van der Waals surface area contributed by atoms with Crippen molar-refractivity contribution in [2.75, 3.05) is 13.2 Å². The number of nitrogens with one attached hydrogen (secondary N) is 1. The van der Waals surface area contributed by atoms with E-state index in [0.29, 0.717) is 30.7 Å². The summed E-state index contributed by atoms with van der Waals surface area (Å²) in [6, 6.07) is 0.583. The van der Waals surface area contributed by atoms with E-state index >= 15 is 0 Å². The minimum atomic E-state index is -2.43. The largest absolute Gasteiger partial charge is 0.375 e. The topological polar surface area (TPSA) is 60.2 Å². The molecule has 0 radical (unpaired) electrons. The Hall–Kier alpha value is -1.08. The van der Waals surface area contributed by atoms with E-state index in [-0.39, 0.29) is 6.61 Å². The highest BCUT2D eigenvalue weighted by atomic mass is 19.3. The molecule has 1 aliphatic carbocycles. The van der Waals surface area contributed by atoms with Crippen LogP contribution in [0.3, 0.4) is 0 Å². The molecule has 1 aliphatic rings. The molecule has 5 nitrogen and oxygen atoms in total. The average Bonchev–Trinajstić information content (AvgIpc) is 3.01. The molecule has 0 spiro atoms. The highest BCUT2D eigenvalue weighted by Crippen LogP contribution is 2.18. The minimum Gasteiger partial charge on any atom is -0.375 e. The van der Waals surface area contributed by atoms with Crippen LogP contribution in [0.1, 0.15) is 24.6 Å². The van der Waals surface area contributed by atoms with Gasteiger partial charge in [0.15, 0.2) is 5.82 Å². The highest BCUT2D eigenvalue weighted by molar-refractivity contribution is 4.89. The molecule has 0 saturated heterocycles. The maximum atomic E-state index is 11.8. The lowest BCUT2D eigenvalue weighted by Crippen LogP contribution is -2.15. The van der Waals surface area contributed by atoms with Crippen LogP contribution in [-0.2, 0) is 17.7 Å². The second-order valence-corrected chi connectivity index (χ2v) is 3.98. The second-order valence-electron chi connectivity index (χ2n) is 3.98. The van der Waals surface area contributed by atoms with Gasteiger partial charge in [-0.05, 0) is 12.8 Å². The monoisotopic (exact) mass is 247 g/mol. The van der Waals surface area contributed by atoms with E-state index in [1.165, 1.54) is 12.8 Å². The predicted octanol–water partition coefficient (Wildman–Crippen LogP) is 1.15. The SMILES string of the molecule is FC(F)COCCc1noc(CNC2CC2)n1. The lowest BCUT2D eigenvalue weighted by atomic mass is 10.4. The van der Waals surface area contributed by atoms with Crippen LogP contribution in [0, 0.1) is 0 Å². The number of nitrogens with zero attached hydrogens (tertiary/aromatic N) is 2. The maximum Gasteiger partial charge on any atom is 0.261 e. The molecule has 0 amide bonds. The summed E-state index contributed by atoms with van der Waals surface area (Å²) >= 11 is 0. The average molecular weight is 247 g/mol. The molecule has 7 heteroatoms. The van der Waals surface area contributed by atoms with Crippen molar-refractivity contribution in [3.8, 4) is 0 Å². The highest BCUT2D eigenvalue weighted by Gasteiger charge is 2.21. The zero-order valence-corrected chi connectivity index (χ0v) is 9.36. The molecule has 1 N–H and O–H groups in total. The van der Waals surface area contributed by atoms with E-state index < -0.39 is 13.0 Å². The zero-order valence-electron chi connectivity index (χ0n) is 9.36. The first kappa shape index (κ1) is 12.4. The molecule has 0 unspecified atom stereocenters. The summed E-state index contributed by atoms with van der Waals surface area (Å²) in [7, 11) is 0. The minimum absolute atomic E-state index is 0.180. The molecule has 1 heterocycles. The quantitative estimate of drug-likeness (QED) is 0.698. The third kappa shape index (κ3) is 4.74. The Morgan fingerprint density at radius 1 is 1.47 bits per heavy atom. The molecular formula is C10H15F2N3O2. The number of ether oxygens (including phenoxy) is 1. The fourth-order valence-electron chi connectivity index (χ4n) is 1.32. The summed E-state index contributed by atoms with van der Waals surface area (Å²) in [4.78, 5) is 4.12. The Labute approximate surface area is 97.5 Å². The summed E-state index contributed by atoms with van der Waals surface area (Å²) in [6.07, 6.45) is 0.350. The number of halogens is 2. The number of rotatable bonds is 8. The van der Waals surface area contributed by atoms with E-state index in [2.05, 4.69) is 15.5 Å². The molecule has 0 aliphatic heterocycles. The van der Waals surface area contributed by atoms with Crippen molar-refractivity contribution >= 4 is 0 Å². The molecule has 1 aromatic rings. The van der Waals surface area contributed by atoms with E-state index in [1.54, 1.807) is 0 Å². The summed E-state index contributed by atoms with van der Waals surface area (Å²) < 4.78 is 33.3. The van der Waals surface area contributed by atoms with Crippen molar-refractivity contribution in [2.45, 2.75) is 38.3 Å². The standard InChI is InChI=1S/C10H15F2N3O2/c11-8(12)6-16-4-3-9-14-10(17-15-9)5-13-7-1-2-7/h7-8,13H,1-6H2. The fraction of sp³-hybridized carbons (Fsp3) is 0.800. The second kappa shape index (κ2) is 6.02. The Morgan fingerprint density at radius 2 is 2.29 bits per heavy atom. The fourth-order valence-corrected chi connectivity index (χ4v) is 1.32. The Bertz CT molecular complexity index is 342. The maximum absolute atomic E-state index is 11.8. The molecular weight excluding hydrogens is 232 g/mol. The molecule has 17 heavy (non-hydrogen) atoms. The van der Waals surface area contributed by atoms with E-state index in [9.17, 15) is 8.78 Å². The molecule has 1 saturated carbocycles. The van der Waals surface area contributed by atoms with Gasteiger partial charge >= 0.3 is 0 Å². The third-order valence-corrected chi connectivity index (χ3v) is 2.34. The van der Waals surface area contributed by atoms with Gasteiger partial charge in [0.05, 0.1) is 13.2 Å². The summed E-state index contributed by atoms with van der Waals surface area (Å²) in [5, 5.41) is 6.98. The molecule has 0 aromatic carbocycles. The van der Waals surface area contributed by atoms with E-state index in [1.807, 2.05) is 0 Å². The Morgan fingerprint density at radius 3 is 3.00 bits per heavy atom. The van der Waals surface area contributed by atoms with Gasteiger partial charge in [-0.1, -0.05) is 5.16 Å². The van der Waals surface area contributed by atoms with E-state index in [0.717, 1.165) is 0 Å². The van der Waals surface area contributed by atoms with Crippen molar-refractivity contribution in [1.82, 2.24) is 15.5 Å². The van der Waals surface area contributed by atoms with Gasteiger partial charge in [-0.25, -0.2) is 8.78 Å². The number of hydrogen-bond donors (Lipinski definition) is 1. The normalized spacial score (nSPS) is 15.7. The predicted molar refractivity (Wildman–Crippen MR) is 54.7 cm³/mol. The van der Waals surface area contributed by atoms with Crippen LogP contribution in [0.5, 0.6) is 0 Å². The van der Waals surface area contributed by atoms with Crippen LogP contribution in [0.25, 0.3) is 0 Å². The zero-order chi connectivity index (χ0) is 12.1. The van der Waals surface area contributed by atoms with Crippen LogP contribution >= 0.6 is 0 Å². The number of hydrogen-bond acceptors (Lipinski definition) is 5. The molecule has 96 valence electrons. The molecule has 1 fully saturated rings. The van der Waals surface area contributed by atoms with Gasteiger partial charge < -0.3 is 14.6 Å². The van der Waals surface area contributed by atoms with Crippen molar-refractivity contribution in [2.24, 2.45) is 0 Å². The Kier molecular flexibility index (Phi) is 4.38. The van der Waals surface area contributed by atoms with Gasteiger partial charge in [-0.15, -0.1) is 0 Å². The lowest BCUT2D eigenvalue weighted by Gasteiger charge is -1.99. The summed E-state index contributed by atoms with van der Waals surface area (Å²) in [5.74, 6) is 1.02. The number of aromatic nitrogens is 2. The van der Waals surface area contributed by atoms with E-state index in [4.69, 9.17) is 9.26 Å². The molecule has 2 rings (SSSR count). The van der Waals surface area contributed by atoms with Crippen molar-refractivity contribution in [3.63, 3.8) is 0 Å². The third-order valence-electron chi connectivity index (χ3n) is 2.34. The van der Waals surface area contributed by atoms with Crippen LogP contribution in [0.2, 0.25) is 0 Å². The first-order valence-corrected chi connectivity index (χ1v) is 5.65. The lowest BCUT2D eigenvalue weighted by molar-refractivity contribution is 0.0182. The summed E-state index contributed by atoms with van der Waals surface area (Å²) in [5.41, 5.74) is 0. The van der Waals surface area contributed by atoms with Gasteiger partial charge in [-0.3, -0.25) is 0 Å². The van der Waals surface area contributed by atoms with Gasteiger partial charge in [-0.2, -0.15) is 4.98 Å². The van der Waals surface area contributed by atoms with Crippen LogP contribution in [-0.4, -0.2) is 35.8 Å². The number of alkyl halides is 2. The van der Waals surface area contributed by atoms with Crippen LogP contribution in [0.15, 0.2) is 4.52 Å². The van der Waals surface area contributed by atoms with Crippen molar-refractivity contribution in [3.05, 3.63) is 11.7 Å². The smallest absolute Gasteiger partial charge is 0.261 e. The Balaban J connectivity index is 1.62. The van der Waals surface area contributed by atoms with Crippen LogP contribution < -0.4 is 5.32 Å². The first-order valence-electron chi connectivity index (χ1n) is 5.65. The van der Waals surface area contributed by atoms with Gasteiger partial charge in [0.2, 0.25) is 5.89 Å².